The molecule has 2 aromatic carbocycles. The quantitative estimate of drug-likeness (QED) is 0.873. The first kappa shape index (κ1) is 14.1. The van der Waals surface area contributed by atoms with Crippen LogP contribution in [0.15, 0.2) is 47.4 Å². The van der Waals surface area contributed by atoms with Crippen LogP contribution >= 0.6 is 0 Å². The maximum atomic E-state index is 13.2. The predicted molar refractivity (Wildman–Crippen MR) is 81.7 cm³/mol. The van der Waals surface area contributed by atoms with Crippen molar-refractivity contribution in [3.05, 3.63) is 53.8 Å². The van der Waals surface area contributed by atoms with E-state index in [1.54, 1.807) is 12.3 Å². The minimum Gasteiger partial charge on any atom is -0.489 e. The van der Waals surface area contributed by atoms with E-state index in [0.717, 1.165) is 29.2 Å². The van der Waals surface area contributed by atoms with E-state index in [4.69, 9.17) is 4.74 Å². The van der Waals surface area contributed by atoms with E-state index < -0.39 is 10.8 Å². The summed E-state index contributed by atoms with van der Waals surface area (Å²) in [6.45, 7) is 2.03. The summed E-state index contributed by atoms with van der Waals surface area (Å²) in [4.78, 5) is 2.99. The average molecular weight is 305 g/mol. The molecule has 0 N–H and O–H groups in total. The Morgan fingerprint density at radius 1 is 1.24 bits per heavy atom. The van der Waals surface area contributed by atoms with Gasteiger partial charge in [-0.2, -0.15) is 0 Å². The van der Waals surface area contributed by atoms with Gasteiger partial charge in [0, 0.05) is 34.6 Å². The number of halogens is 1. The molecule has 110 valence electrons. The van der Waals surface area contributed by atoms with Crippen LogP contribution in [0.25, 0.3) is 0 Å². The van der Waals surface area contributed by atoms with Crippen molar-refractivity contribution >= 4 is 16.5 Å². The molecule has 0 aromatic heterocycles. The highest BCUT2D eigenvalue weighted by molar-refractivity contribution is 7.84. The summed E-state index contributed by atoms with van der Waals surface area (Å²) in [7, 11) is -0.958. The Bertz CT molecular complexity index is 672. The number of fused-ring (bicyclic) bond motifs is 1. The molecule has 0 saturated heterocycles. The van der Waals surface area contributed by atoms with Gasteiger partial charge in [0.05, 0.1) is 12.2 Å². The lowest BCUT2D eigenvalue weighted by Crippen LogP contribution is -2.32. The maximum Gasteiger partial charge on any atom is 0.145 e. The normalized spacial score (nSPS) is 15.2. The second kappa shape index (κ2) is 5.85. The van der Waals surface area contributed by atoms with E-state index >= 15 is 0 Å². The Labute approximate surface area is 125 Å². The molecule has 3 nitrogen and oxygen atoms in total. The molecule has 0 radical (unpaired) electrons. The van der Waals surface area contributed by atoms with Crippen LogP contribution in [0.1, 0.15) is 5.56 Å². The van der Waals surface area contributed by atoms with Crippen molar-refractivity contribution in [2.45, 2.75) is 11.4 Å². The fourth-order valence-corrected chi connectivity index (χ4v) is 2.94. The molecule has 1 heterocycles. The standard InChI is InChI=1S/C16H16FNO2S/c1-21(19)14-5-2-12(3-6-14)11-18-8-9-20-16-10-13(17)4-7-15(16)18/h2-7,10H,8-9,11H2,1H3. The monoisotopic (exact) mass is 305 g/mol. The fraction of sp³-hybridized carbons (Fsp3) is 0.250. The first-order chi connectivity index (χ1) is 10.1. The lowest BCUT2D eigenvalue weighted by Gasteiger charge is -2.31. The maximum absolute atomic E-state index is 13.2. The second-order valence-electron chi connectivity index (χ2n) is 4.98. The topological polar surface area (TPSA) is 29.5 Å². The van der Waals surface area contributed by atoms with Gasteiger partial charge in [0.2, 0.25) is 0 Å². The smallest absolute Gasteiger partial charge is 0.145 e. The molecule has 1 atom stereocenters. The highest BCUT2D eigenvalue weighted by Gasteiger charge is 2.18. The van der Waals surface area contributed by atoms with Crippen LogP contribution in [-0.4, -0.2) is 23.6 Å². The van der Waals surface area contributed by atoms with Crippen LogP contribution < -0.4 is 9.64 Å². The molecule has 0 bridgehead atoms. The van der Waals surface area contributed by atoms with Gasteiger partial charge < -0.3 is 9.64 Å². The minimum absolute atomic E-state index is 0.287. The van der Waals surface area contributed by atoms with Gasteiger partial charge in [-0.3, -0.25) is 4.21 Å². The number of hydrogen-bond donors (Lipinski definition) is 0. The van der Waals surface area contributed by atoms with Gasteiger partial charge in [-0.1, -0.05) is 12.1 Å². The Hall–Kier alpha value is -1.88. The Morgan fingerprint density at radius 3 is 2.71 bits per heavy atom. The highest BCUT2D eigenvalue weighted by atomic mass is 32.2. The van der Waals surface area contributed by atoms with Gasteiger partial charge in [-0.25, -0.2) is 4.39 Å². The number of nitrogens with zero attached hydrogens (tertiary/aromatic N) is 1. The first-order valence-corrected chi connectivity index (χ1v) is 8.29. The molecular formula is C16H16FNO2S. The van der Waals surface area contributed by atoms with Gasteiger partial charge >= 0.3 is 0 Å². The lowest BCUT2D eigenvalue weighted by atomic mass is 10.1. The summed E-state index contributed by atoms with van der Waals surface area (Å²) < 4.78 is 30.1. The summed E-state index contributed by atoms with van der Waals surface area (Å²) in [5, 5.41) is 0. The van der Waals surface area contributed by atoms with Gasteiger partial charge in [-0.05, 0) is 29.8 Å². The molecule has 1 aliphatic rings. The van der Waals surface area contributed by atoms with Crippen molar-refractivity contribution in [1.29, 1.82) is 0 Å². The first-order valence-electron chi connectivity index (χ1n) is 6.73. The van der Waals surface area contributed by atoms with E-state index in [1.807, 2.05) is 24.3 Å². The van der Waals surface area contributed by atoms with E-state index in [-0.39, 0.29) is 5.82 Å². The summed E-state index contributed by atoms with van der Waals surface area (Å²) in [6, 6.07) is 12.4. The number of hydrogen-bond acceptors (Lipinski definition) is 3. The van der Waals surface area contributed by atoms with Crippen molar-refractivity contribution in [1.82, 2.24) is 0 Å². The van der Waals surface area contributed by atoms with Crippen molar-refractivity contribution in [3.8, 4) is 5.75 Å². The molecule has 1 aliphatic heterocycles. The summed E-state index contributed by atoms with van der Waals surface area (Å²) >= 11 is 0. The summed E-state index contributed by atoms with van der Waals surface area (Å²) in [5.74, 6) is 0.304. The Morgan fingerprint density at radius 2 is 2.00 bits per heavy atom. The van der Waals surface area contributed by atoms with E-state index in [0.29, 0.717) is 12.4 Å². The second-order valence-corrected chi connectivity index (χ2v) is 6.36. The van der Waals surface area contributed by atoms with Crippen LogP contribution in [0.2, 0.25) is 0 Å². The van der Waals surface area contributed by atoms with Crippen LogP contribution in [0, 0.1) is 5.82 Å². The molecule has 2 aromatic rings. The predicted octanol–water partition coefficient (Wildman–Crippen LogP) is 2.96. The third-order valence-electron chi connectivity index (χ3n) is 3.51. The van der Waals surface area contributed by atoms with Gasteiger partial charge in [-0.15, -0.1) is 0 Å². The molecule has 21 heavy (non-hydrogen) atoms. The summed E-state index contributed by atoms with van der Waals surface area (Å²) in [6.07, 6.45) is 1.67. The van der Waals surface area contributed by atoms with Crippen LogP contribution in [0.3, 0.4) is 0 Å². The molecule has 0 fully saturated rings. The van der Waals surface area contributed by atoms with Crippen LogP contribution in [-0.2, 0) is 17.3 Å². The molecule has 0 spiro atoms. The van der Waals surface area contributed by atoms with Crippen molar-refractivity contribution in [3.63, 3.8) is 0 Å². The summed E-state index contributed by atoms with van der Waals surface area (Å²) in [5.41, 5.74) is 2.03. The third-order valence-corrected chi connectivity index (χ3v) is 4.45. The zero-order valence-electron chi connectivity index (χ0n) is 11.7. The SMILES string of the molecule is CS(=O)c1ccc(CN2CCOc3cc(F)ccc32)cc1. The highest BCUT2D eigenvalue weighted by Crippen LogP contribution is 2.33. The largest absolute Gasteiger partial charge is 0.489 e. The molecular weight excluding hydrogens is 289 g/mol. The molecule has 1 unspecified atom stereocenters. The number of benzene rings is 2. The third kappa shape index (κ3) is 3.08. The average Bonchev–Trinajstić information content (AvgIpc) is 2.47. The lowest BCUT2D eigenvalue weighted by molar-refractivity contribution is 0.305. The number of ether oxygens (including phenoxy) is 1. The fourth-order valence-electron chi connectivity index (χ4n) is 2.42. The van der Waals surface area contributed by atoms with Crippen LogP contribution in [0.5, 0.6) is 5.75 Å². The Balaban J connectivity index is 1.81. The minimum atomic E-state index is -0.958. The zero-order chi connectivity index (χ0) is 14.8. The van der Waals surface area contributed by atoms with Gasteiger partial charge in [0.15, 0.2) is 0 Å². The van der Waals surface area contributed by atoms with E-state index in [2.05, 4.69) is 4.90 Å². The van der Waals surface area contributed by atoms with Gasteiger partial charge in [0.1, 0.15) is 18.2 Å². The number of rotatable bonds is 3. The van der Waals surface area contributed by atoms with Crippen molar-refractivity contribution < 1.29 is 13.3 Å². The molecule has 0 saturated carbocycles. The number of anilines is 1. The van der Waals surface area contributed by atoms with Crippen LogP contribution in [0.4, 0.5) is 10.1 Å². The molecule has 3 rings (SSSR count). The molecule has 0 aliphatic carbocycles. The van der Waals surface area contributed by atoms with Gasteiger partial charge in [0.25, 0.3) is 0 Å². The van der Waals surface area contributed by atoms with E-state index in [9.17, 15) is 8.60 Å². The zero-order valence-corrected chi connectivity index (χ0v) is 12.5. The van der Waals surface area contributed by atoms with E-state index in [1.165, 1.54) is 12.1 Å². The molecule has 5 heteroatoms. The van der Waals surface area contributed by atoms with Crippen molar-refractivity contribution in [2.24, 2.45) is 0 Å². The van der Waals surface area contributed by atoms with Crippen molar-refractivity contribution in [2.75, 3.05) is 24.3 Å². The molecule has 0 amide bonds. The Kier molecular flexibility index (Phi) is 3.92.